The average molecular weight is 271 g/mol. The van der Waals surface area contributed by atoms with Gasteiger partial charge in [-0.1, -0.05) is 57.2 Å². The van der Waals surface area contributed by atoms with Crippen LogP contribution in [0.2, 0.25) is 0 Å². The Labute approximate surface area is 125 Å². The zero-order valence-corrected chi connectivity index (χ0v) is 13.9. The maximum absolute atomic E-state index is 4.21. The first kappa shape index (κ1) is 16.6. The van der Waals surface area contributed by atoms with Crippen molar-refractivity contribution >= 4 is 5.57 Å². The summed E-state index contributed by atoms with van der Waals surface area (Å²) in [7, 11) is 2.09. The minimum atomic E-state index is 0.602. The lowest BCUT2D eigenvalue weighted by Gasteiger charge is -2.19. The molecule has 0 fully saturated rings. The van der Waals surface area contributed by atoms with E-state index < -0.39 is 0 Å². The van der Waals surface area contributed by atoms with Crippen molar-refractivity contribution in [2.45, 2.75) is 40.5 Å². The van der Waals surface area contributed by atoms with Crippen molar-refractivity contribution in [1.82, 2.24) is 4.90 Å². The number of nitrogens with zero attached hydrogens (tertiary/aromatic N) is 1. The molecule has 1 unspecified atom stereocenters. The van der Waals surface area contributed by atoms with Gasteiger partial charge in [0.05, 0.1) is 0 Å². The molecule has 0 saturated carbocycles. The van der Waals surface area contributed by atoms with E-state index in [0.29, 0.717) is 11.8 Å². The highest BCUT2D eigenvalue weighted by Gasteiger charge is 2.10. The van der Waals surface area contributed by atoms with Crippen molar-refractivity contribution < 1.29 is 0 Å². The molecule has 1 heteroatoms. The van der Waals surface area contributed by atoms with E-state index in [0.717, 1.165) is 12.1 Å². The van der Waals surface area contributed by atoms with Crippen LogP contribution in [0.3, 0.4) is 0 Å². The molecule has 0 aromatic heterocycles. The van der Waals surface area contributed by atoms with E-state index in [4.69, 9.17) is 0 Å². The van der Waals surface area contributed by atoms with Gasteiger partial charge in [0, 0.05) is 13.6 Å². The number of hydrogen-bond acceptors (Lipinski definition) is 1. The largest absolute Gasteiger partial charge is 0.376 e. The molecular weight excluding hydrogens is 242 g/mol. The highest BCUT2D eigenvalue weighted by molar-refractivity contribution is 5.65. The van der Waals surface area contributed by atoms with Gasteiger partial charge in [-0.05, 0) is 48.6 Å². The topological polar surface area (TPSA) is 3.24 Å². The fraction of sp³-hybridized carbons (Fsp3) is 0.474. The Morgan fingerprint density at radius 3 is 2.15 bits per heavy atom. The summed E-state index contributed by atoms with van der Waals surface area (Å²) in [4.78, 5) is 2.18. The Bertz CT molecular complexity index is 461. The molecule has 1 rings (SSSR count). The van der Waals surface area contributed by atoms with Crippen molar-refractivity contribution in [2.24, 2.45) is 5.92 Å². The van der Waals surface area contributed by atoms with Gasteiger partial charge in [-0.2, -0.15) is 0 Å². The molecule has 0 spiro atoms. The number of rotatable bonds is 6. The normalized spacial score (nSPS) is 12.2. The Morgan fingerprint density at radius 1 is 1.15 bits per heavy atom. The van der Waals surface area contributed by atoms with E-state index in [-0.39, 0.29) is 0 Å². The van der Waals surface area contributed by atoms with Crippen LogP contribution in [0, 0.1) is 5.92 Å². The Kier molecular flexibility index (Phi) is 6.06. The summed E-state index contributed by atoms with van der Waals surface area (Å²) < 4.78 is 0. The predicted octanol–water partition coefficient (Wildman–Crippen LogP) is 5.31. The maximum Gasteiger partial charge on any atom is 0.0420 e. The summed E-state index contributed by atoms with van der Waals surface area (Å²) in [6, 6.07) is 8.89. The highest BCUT2D eigenvalue weighted by Crippen LogP contribution is 2.25. The van der Waals surface area contributed by atoms with Gasteiger partial charge in [0.2, 0.25) is 0 Å². The molecule has 1 nitrogen and oxygen atoms in total. The van der Waals surface area contributed by atoms with Crippen molar-refractivity contribution in [3.05, 3.63) is 53.7 Å². The van der Waals surface area contributed by atoms with Crippen LogP contribution < -0.4 is 0 Å². The second-order valence-electron chi connectivity index (χ2n) is 6.38. The van der Waals surface area contributed by atoms with E-state index >= 15 is 0 Å². The van der Waals surface area contributed by atoms with Gasteiger partial charge < -0.3 is 4.90 Å². The minimum Gasteiger partial charge on any atom is -0.376 e. The molecule has 0 aliphatic rings. The third kappa shape index (κ3) is 4.88. The molecule has 0 aliphatic heterocycles. The van der Waals surface area contributed by atoms with Gasteiger partial charge in [0.15, 0.2) is 0 Å². The first-order valence-electron chi connectivity index (χ1n) is 7.44. The van der Waals surface area contributed by atoms with Crippen LogP contribution in [0.15, 0.2) is 42.6 Å². The van der Waals surface area contributed by atoms with Gasteiger partial charge in [-0.15, -0.1) is 0 Å². The minimum absolute atomic E-state index is 0.602. The lowest BCUT2D eigenvalue weighted by molar-refractivity contribution is 0.512. The fourth-order valence-corrected chi connectivity index (χ4v) is 2.29. The van der Waals surface area contributed by atoms with Gasteiger partial charge in [-0.25, -0.2) is 0 Å². The number of benzene rings is 1. The molecule has 0 radical (unpaired) electrons. The SMILES string of the molecule is C=C(CN(C)C=C(C)C)c1ccc(C(C)C(C)C)cc1. The number of hydrogen-bond donors (Lipinski definition) is 0. The van der Waals surface area contributed by atoms with Gasteiger partial charge >= 0.3 is 0 Å². The van der Waals surface area contributed by atoms with Crippen LogP contribution in [0.4, 0.5) is 0 Å². The Hall–Kier alpha value is -1.50. The third-order valence-electron chi connectivity index (χ3n) is 3.76. The molecule has 0 N–H and O–H groups in total. The Balaban J connectivity index is 2.73. The van der Waals surface area contributed by atoms with Gasteiger partial charge in [0.1, 0.15) is 0 Å². The molecular formula is C19H29N. The lowest BCUT2D eigenvalue weighted by Crippen LogP contribution is -2.13. The summed E-state index contributed by atoms with van der Waals surface area (Å²) in [6.07, 6.45) is 2.15. The first-order valence-corrected chi connectivity index (χ1v) is 7.44. The monoisotopic (exact) mass is 271 g/mol. The second-order valence-corrected chi connectivity index (χ2v) is 6.38. The molecule has 0 amide bonds. The van der Waals surface area contributed by atoms with E-state index in [1.54, 1.807) is 0 Å². The zero-order chi connectivity index (χ0) is 15.3. The molecule has 1 atom stereocenters. The van der Waals surface area contributed by atoms with E-state index in [9.17, 15) is 0 Å². The van der Waals surface area contributed by atoms with Crippen molar-refractivity contribution in [1.29, 1.82) is 0 Å². The first-order chi connectivity index (χ1) is 9.31. The van der Waals surface area contributed by atoms with Crippen molar-refractivity contribution in [2.75, 3.05) is 13.6 Å². The molecule has 0 aliphatic carbocycles. The number of likely N-dealkylation sites (N-methyl/N-ethyl adjacent to an activating group) is 1. The fourth-order valence-electron chi connectivity index (χ4n) is 2.29. The van der Waals surface area contributed by atoms with E-state index in [1.165, 1.54) is 16.7 Å². The predicted molar refractivity (Wildman–Crippen MR) is 90.8 cm³/mol. The summed E-state index contributed by atoms with van der Waals surface area (Å²) in [6.45, 7) is 16.1. The molecule has 1 aromatic rings. The highest BCUT2D eigenvalue weighted by atomic mass is 15.1. The zero-order valence-electron chi connectivity index (χ0n) is 13.9. The quantitative estimate of drug-likeness (QED) is 0.677. The van der Waals surface area contributed by atoms with Crippen molar-refractivity contribution in [3.8, 4) is 0 Å². The van der Waals surface area contributed by atoms with Crippen LogP contribution in [0.1, 0.15) is 51.7 Å². The lowest BCUT2D eigenvalue weighted by atomic mass is 9.89. The van der Waals surface area contributed by atoms with Crippen LogP contribution in [0.5, 0.6) is 0 Å². The van der Waals surface area contributed by atoms with E-state index in [2.05, 4.69) is 83.6 Å². The summed E-state index contributed by atoms with van der Waals surface area (Å²) in [5.74, 6) is 1.28. The third-order valence-corrected chi connectivity index (χ3v) is 3.76. The summed E-state index contributed by atoms with van der Waals surface area (Å²) >= 11 is 0. The van der Waals surface area contributed by atoms with Gasteiger partial charge in [0.25, 0.3) is 0 Å². The number of allylic oxidation sites excluding steroid dienone is 1. The van der Waals surface area contributed by atoms with Gasteiger partial charge in [-0.3, -0.25) is 0 Å². The maximum atomic E-state index is 4.21. The van der Waals surface area contributed by atoms with Crippen LogP contribution in [0.25, 0.3) is 5.57 Å². The molecule has 20 heavy (non-hydrogen) atoms. The second kappa shape index (κ2) is 7.33. The van der Waals surface area contributed by atoms with Crippen molar-refractivity contribution in [3.63, 3.8) is 0 Å². The van der Waals surface area contributed by atoms with Crippen LogP contribution in [-0.4, -0.2) is 18.5 Å². The molecule has 0 heterocycles. The van der Waals surface area contributed by atoms with E-state index in [1.807, 2.05) is 0 Å². The average Bonchev–Trinajstić information content (AvgIpc) is 2.36. The molecule has 0 bridgehead atoms. The van der Waals surface area contributed by atoms with Crippen LogP contribution >= 0.6 is 0 Å². The standard InChI is InChI=1S/C19H29N/c1-14(2)12-20(7)13-16(5)18-8-10-19(11-9-18)17(6)15(3)4/h8-12,15,17H,5,13H2,1-4,6-7H3. The Morgan fingerprint density at radius 2 is 1.70 bits per heavy atom. The smallest absolute Gasteiger partial charge is 0.0420 e. The molecule has 1 aromatic carbocycles. The van der Waals surface area contributed by atoms with Crippen LogP contribution in [-0.2, 0) is 0 Å². The summed E-state index contributed by atoms with van der Waals surface area (Å²) in [5, 5.41) is 0. The molecule has 0 saturated heterocycles. The molecule has 110 valence electrons. The summed E-state index contributed by atoms with van der Waals surface area (Å²) in [5.41, 5.74) is 5.11.